The second-order valence-corrected chi connectivity index (χ2v) is 10.2. The zero-order valence-electron chi connectivity index (χ0n) is 21.1. The Kier molecular flexibility index (Phi) is 6.57. The third-order valence-electron chi connectivity index (χ3n) is 8.10. The number of amides is 2. The fraction of sp³-hybridized carbons (Fsp3) is 0.593. The third kappa shape index (κ3) is 4.56. The summed E-state index contributed by atoms with van der Waals surface area (Å²) in [5, 5.41) is 0. The Labute approximate surface area is 207 Å². The molecule has 1 aromatic carbocycles. The van der Waals surface area contributed by atoms with Crippen LogP contribution in [0, 0.1) is 13.8 Å². The first-order valence-electron chi connectivity index (χ1n) is 12.9. The van der Waals surface area contributed by atoms with Crippen molar-refractivity contribution in [2.24, 2.45) is 0 Å². The molecule has 0 atom stereocenters. The fourth-order valence-electron chi connectivity index (χ4n) is 6.28. The van der Waals surface area contributed by atoms with E-state index < -0.39 is 0 Å². The number of piperidine rings is 2. The Morgan fingerprint density at radius 1 is 1.09 bits per heavy atom. The van der Waals surface area contributed by atoms with Crippen LogP contribution in [0.25, 0.3) is 0 Å². The molecule has 8 nitrogen and oxygen atoms in total. The van der Waals surface area contributed by atoms with Crippen molar-refractivity contribution in [3.63, 3.8) is 0 Å². The summed E-state index contributed by atoms with van der Waals surface area (Å²) in [6, 6.07) is 9.11. The Hall–Kier alpha value is -2.87. The van der Waals surface area contributed by atoms with E-state index in [1.54, 1.807) is 6.92 Å². The number of hydrogen-bond acceptors (Lipinski definition) is 6. The highest BCUT2D eigenvalue weighted by molar-refractivity contribution is 5.93. The van der Waals surface area contributed by atoms with Crippen molar-refractivity contribution in [2.45, 2.75) is 64.5 Å². The van der Waals surface area contributed by atoms with Gasteiger partial charge in [-0.15, -0.1) is 0 Å². The number of hydrogen-bond donors (Lipinski definition) is 0. The summed E-state index contributed by atoms with van der Waals surface area (Å²) in [5.41, 5.74) is 3.03. The summed E-state index contributed by atoms with van der Waals surface area (Å²) in [5.74, 6) is 1.08. The van der Waals surface area contributed by atoms with Gasteiger partial charge in [0, 0.05) is 44.6 Å². The van der Waals surface area contributed by atoms with Gasteiger partial charge in [0.1, 0.15) is 5.76 Å². The summed E-state index contributed by atoms with van der Waals surface area (Å²) in [7, 11) is 0. The minimum atomic E-state index is -0.190. The molecule has 4 heterocycles. The SMILES string of the molecule is CCOC(=O)N1CCC(N2CCC3(CC2)CN(C(=O)c2nc(C)oc2C)Cc2ccccc23)CC1. The van der Waals surface area contributed by atoms with E-state index in [4.69, 9.17) is 9.15 Å². The fourth-order valence-corrected chi connectivity index (χ4v) is 6.28. The number of fused-ring (bicyclic) bond motifs is 2. The van der Waals surface area contributed by atoms with Crippen LogP contribution >= 0.6 is 0 Å². The summed E-state index contributed by atoms with van der Waals surface area (Å²) < 4.78 is 10.7. The van der Waals surface area contributed by atoms with Gasteiger partial charge in [0.15, 0.2) is 11.6 Å². The molecule has 8 heteroatoms. The number of rotatable bonds is 3. The summed E-state index contributed by atoms with van der Waals surface area (Å²) in [4.78, 5) is 36.3. The van der Waals surface area contributed by atoms with Gasteiger partial charge in [-0.05, 0) is 63.7 Å². The normalized spacial score (nSPS) is 20.7. The Balaban J connectivity index is 1.29. The summed E-state index contributed by atoms with van der Waals surface area (Å²) in [6.45, 7) is 10.7. The molecule has 0 aliphatic carbocycles. The number of nitrogens with zero attached hydrogens (tertiary/aromatic N) is 4. The predicted molar refractivity (Wildman–Crippen MR) is 131 cm³/mol. The van der Waals surface area contributed by atoms with Gasteiger partial charge in [-0.2, -0.15) is 0 Å². The van der Waals surface area contributed by atoms with Gasteiger partial charge in [0.25, 0.3) is 5.91 Å². The lowest BCUT2D eigenvalue weighted by Gasteiger charge is -2.50. The van der Waals surface area contributed by atoms with Crippen molar-refractivity contribution in [2.75, 3.05) is 39.3 Å². The van der Waals surface area contributed by atoms with Crippen LogP contribution in [0.1, 0.15) is 65.9 Å². The van der Waals surface area contributed by atoms with Crippen molar-refractivity contribution in [3.05, 3.63) is 52.7 Å². The van der Waals surface area contributed by atoms with Crippen LogP contribution in [0.4, 0.5) is 4.79 Å². The first kappa shape index (κ1) is 23.9. The number of aromatic nitrogens is 1. The van der Waals surface area contributed by atoms with E-state index in [-0.39, 0.29) is 17.4 Å². The minimum absolute atomic E-state index is 0.0398. The first-order chi connectivity index (χ1) is 16.9. The van der Waals surface area contributed by atoms with Gasteiger partial charge < -0.3 is 23.9 Å². The zero-order chi connectivity index (χ0) is 24.6. The van der Waals surface area contributed by atoms with Crippen molar-refractivity contribution < 1.29 is 18.7 Å². The topological polar surface area (TPSA) is 79.1 Å². The van der Waals surface area contributed by atoms with Crippen molar-refractivity contribution in [1.29, 1.82) is 0 Å². The second-order valence-electron chi connectivity index (χ2n) is 10.2. The average Bonchev–Trinajstić information content (AvgIpc) is 3.22. The smallest absolute Gasteiger partial charge is 0.409 e. The highest BCUT2D eigenvalue weighted by Gasteiger charge is 2.44. The second kappa shape index (κ2) is 9.64. The van der Waals surface area contributed by atoms with E-state index in [9.17, 15) is 9.59 Å². The molecule has 2 amide bonds. The Bertz CT molecular complexity index is 1080. The zero-order valence-corrected chi connectivity index (χ0v) is 21.1. The van der Waals surface area contributed by atoms with Gasteiger partial charge in [0.2, 0.25) is 0 Å². The van der Waals surface area contributed by atoms with Gasteiger partial charge in [0.05, 0.1) is 6.61 Å². The van der Waals surface area contributed by atoms with Crippen LogP contribution in [0.5, 0.6) is 0 Å². The molecule has 1 spiro atoms. The quantitative estimate of drug-likeness (QED) is 0.663. The molecule has 0 N–H and O–H groups in total. The molecule has 0 radical (unpaired) electrons. The number of benzene rings is 1. The maximum Gasteiger partial charge on any atom is 0.409 e. The number of aryl methyl sites for hydroxylation is 2. The van der Waals surface area contributed by atoms with Crippen molar-refractivity contribution >= 4 is 12.0 Å². The van der Waals surface area contributed by atoms with E-state index in [2.05, 4.69) is 34.1 Å². The van der Waals surface area contributed by atoms with Crippen LogP contribution in [0.2, 0.25) is 0 Å². The van der Waals surface area contributed by atoms with E-state index >= 15 is 0 Å². The van der Waals surface area contributed by atoms with Gasteiger partial charge >= 0.3 is 6.09 Å². The maximum absolute atomic E-state index is 13.5. The largest absolute Gasteiger partial charge is 0.450 e. The highest BCUT2D eigenvalue weighted by atomic mass is 16.6. The molecule has 5 rings (SSSR count). The van der Waals surface area contributed by atoms with E-state index in [0.29, 0.717) is 43.1 Å². The molecule has 3 aliphatic heterocycles. The van der Waals surface area contributed by atoms with Crippen LogP contribution < -0.4 is 0 Å². The van der Waals surface area contributed by atoms with Crippen molar-refractivity contribution in [1.82, 2.24) is 19.7 Å². The lowest BCUT2D eigenvalue weighted by atomic mass is 9.68. The lowest BCUT2D eigenvalue weighted by molar-refractivity contribution is 0.0382. The molecule has 188 valence electrons. The third-order valence-corrected chi connectivity index (χ3v) is 8.10. The van der Waals surface area contributed by atoms with Gasteiger partial charge in [-0.25, -0.2) is 9.78 Å². The monoisotopic (exact) mass is 480 g/mol. The van der Waals surface area contributed by atoms with E-state index in [1.165, 1.54) is 11.1 Å². The van der Waals surface area contributed by atoms with Crippen molar-refractivity contribution in [3.8, 4) is 0 Å². The van der Waals surface area contributed by atoms with Crippen LogP contribution in [0.3, 0.4) is 0 Å². The molecule has 0 bridgehead atoms. The molecule has 2 aromatic rings. The Morgan fingerprint density at radius 2 is 1.80 bits per heavy atom. The number of carbonyl (C=O) groups is 2. The molecule has 0 saturated carbocycles. The Morgan fingerprint density at radius 3 is 2.46 bits per heavy atom. The first-order valence-corrected chi connectivity index (χ1v) is 12.9. The molecular formula is C27H36N4O4. The average molecular weight is 481 g/mol. The number of likely N-dealkylation sites (tertiary alicyclic amines) is 2. The van der Waals surface area contributed by atoms with E-state index in [0.717, 1.165) is 51.9 Å². The highest BCUT2D eigenvalue weighted by Crippen LogP contribution is 2.43. The lowest BCUT2D eigenvalue weighted by Crippen LogP contribution is -2.56. The van der Waals surface area contributed by atoms with Crippen LogP contribution in [-0.4, -0.2) is 77.1 Å². The van der Waals surface area contributed by atoms with Crippen LogP contribution in [0.15, 0.2) is 28.7 Å². The predicted octanol–water partition coefficient (Wildman–Crippen LogP) is 3.90. The van der Waals surface area contributed by atoms with E-state index in [1.807, 2.05) is 23.6 Å². The maximum atomic E-state index is 13.5. The van der Waals surface area contributed by atoms with Gasteiger partial charge in [-0.3, -0.25) is 4.79 Å². The van der Waals surface area contributed by atoms with Crippen LogP contribution in [-0.2, 0) is 16.7 Å². The summed E-state index contributed by atoms with van der Waals surface area (Å²) in [6.07, 6.45) is 3.81. The molecule has 1 aromatic heterocycles. The number of oxazole rings is 1. The molecule has 2 fully saturated rings. The standard InChI is InChI=1S/C27H36N4O4/c1-4-34-26(33)30-13-9-22(10-14-30)29-15-11-27(12-16-29)18-31(17-21-7-5-6-8-23(21)27)25(32)24-19(2)35-20(3)28-24/h5-8,22H,4,9-18H2,1-3H3. The minimum Gasteiger partial charge on any atom is -0.450 e. The number of ether oxygens (including phenoxy) is 1. The number of carbonyl (C=O) groups excluding carboxylic acids is 2. The molecule has 35 heavy (non-hydrogen) atoms. The van der Waals surface area contributed by atoms with Gasteiger partial charge in [-0.1, -0.05) is 24.3 Å². The molecule has 0 unspecified atom stereocenters. The summed E-state index contributed by atoms with van der Waals surface area (Å²) >= 11 is 0. The molecule has 2 saturated heterocycles. The molecular weight excluding hydrogens is 444 g/mol. The molecule has 3 aliphatic rings.